The Morgan fingerprint density at radius 2 is 1.77 bits per heavy atom. The number of hydrogen-bond donors (Lipinski definition) is 1. The first kappa shape index (κ1) is 17.7. The van der Waals surface area contributed by atoms with E-state index in [4.69, 9.17) is 4.74 Å². The van der Waals surface area contributed by atoms with Crippen LogP contribution < -0.4 is 10.2 Å². The predicted octanol–water partition coefficient (Wildman–Crippen LogP) is 1.96. The van der Waals surface area contributed by atoms with Gasteiger partial charge in [-0.25, -0.2) is 0 Å². The molecule has 1 N–H and O–H groups in total. The summed E-state index contributed by atoms with van der Waals surface area (Å²) in [5, 5.41) is 3.07. The number of morpholine rings is 1. The van der Waals surface area contributed by atoms with Crippen LogP contribution in [0.5, 0.6) is 0 Å². The van der Waals surface area contributed by atoms with Gasteiger partial charge in [-0.3, -0.25) is 9.59 Å². The summed E-state index contributed by atoms with van der Waals surface area (Å²) in [6.45, 7) is 3.99. The van der Waals surface area contributed by atoms with Crippen LogP contribution in [0, 0.1) is 0 Å². The van der Waals surface area contributed by atoms with E-state index < -0.39 is 5.54 Å². The van der Waals surface area contributed by atoms with Crippen LogP contribution in [0.15, 0.2) is 24.3 Å². The molecule has 0 aliphatic carbocycles. The third kappa shape index (κ3) is 3.30. The quantitative estimate of drug-likeness (QED) is 0.815. The van der Waals surface area contributed by atoms with Crippen molar-refractivity contribution in [2.75, 3.05) is 54.6 Å². The maximum absolute atomic E-state index is 13.1. The molecule has 0 atom stereocenters. The molecule has 6 nitrogen and oxygen atoms in total. The van der Waals surface area contributed by atoms with E-state index >= 15 is 0 Å². The van der Waals surface area contributed by atoms with Gasteiger partial charge >= 0.3 is 0 Å². The number of benzene rings is 1. The highest BCUT2D eigenvalue weighted by Crippen LogP contribution is 2.37. The summed E-state index contributed by atoms with van der Waals surface area (Å²) in [4.78, 5) is 29.2. The van der Waals surface area contributed by atoms with Gasteiger partial charge in [0, 0.05) is 37.4 Å². The van der Waals surface area contributed by atoms with Crippen molar-refractivity contribution in [1.82, 2.24) is 4.90 Å². The lowest BCUT2D eigenvalue weighted by atomic mass is 9.85. The van der Waals surface area contributed by atoms with E-state index in [2.05, 4.69) is 10.2 Å². The Balaban J connectivity index is 1.46. The van der Waals surface area contributed by atoms with Gasteiger partial charge in [0.2, 0.25) is 11.8 Å². The molecule has 2 amide bonds. The van der Waals surface area contributed by atoms with Crippen molar-refractivity contribution in [2.24, 2.45) is 0 Å². The van der Waals surface area contributed by atoms with E-state index in [1.165, 1.54) is 0 Å². The third-order valence-electron chi connectivity index (χ3n) is 5.61. The Morgan fingerprint density at radius 1 is 1.08 bits per heavy atom. The van der Waals surface area contributed by atoms with Crippen LogP contribution in [0.4, 0.5) is 11.4 Å². The fourth-order valence-electron chi connectivity index (χ4n) is 3.92. The molecule has 0 unspecified atom stereocenters. The van der Waals surface area contributed by atoms with Gasteiger partial charge in [0.15, 0.2) is 0 Å². The number of amides is 2. The minimum Gasteiger partial charge on any atom is -0.378 e. The second-order valence-electron chi connectivity index (χ2n) is 7.04. The molecular formula is C19H25N3O3S. The smallest absolute Gasteiger partial charge is 0.250 e. The van der Waals surface area contributed by atoms with Crippen LogP contribution in [0.2, 0.25) is 0 Å². The van der Waals surface area contributed by atoms with Crippen LogP contribution in [-0.4, -0.2) is 66.6 Å². The molecule has 3 saturated heterocycles. The highest BCUT2D eigenvalue weighted by atomic mass is 32.2. The summed E-state index contributed by atoms with van der Waals surface area (Å²) in [7, 11) is 0. The van der Waals surface area contributed by atoms with Gasteiger partial charge in [0.25, 0.3) is 0 Å². The maximum Gasteiger partial charge on any atom is 0.250 e. The SMILES string of the molecule is O=C1CCN1C1(C(=O)Nc2ccc(N3CCOCC3)cc2)CCSCC1. The first-order chi connectivity index (χ1) is 12.7. The average molecular weight is 375 g/mol. The molecule has 7 heteroatoms. The number of anilines is 2. The summed E-state index contributed by atoms with van der Waals surface area (Å²) in [5.74, 6) is 1.92. The molecule has 3 aliphatic heterocycles. The largest absolute Gasteiger partial charge is 0.378 e. The molecule has 3 heterocycles. The number of carbonyl (C=O) groups excluding carboxylic acids is 2. The van der Waals surface area contributed by atoms with Gasteiger partial charge in [-0.15, -0.1) is 0 Å². The average Bonchev–Trinajstić information content (AvgIpc) is 2.68. The number of carbonyl (C=O) groups is 2. The number of rotatable bonds is 4. The van der Waals surface area contributed by atoms with E-state index in [0.29, 0.717) is 13.0 Å². The van der Waals surface area contributed by atoms with Crippen molar-refractivity contribution < 1.29 is 14.3 Å². The fourth-order valence-corrected chi connectivity index (χ4v) is 5.09. The molecule has 3 fully saturated rings. The van der Waals surface area contributed by atoms with Crippen LogP contribution in [0.3, 0.4) is 0 Å². The minimum atomic E-state index is -0.663. The highest BCUT2D eigenvalue weighted by molar-refractivity contribution is 7.99. The van der Waals surface area contributed by atoms with Crippen molar-refractivity contribution in [3.05, 3.63) is 24.3 Å². The lowest BCUT2D eigenvalue weighted by Gasteiger charge is -2.49. The molecule has 140 valence electrons. The van der Waals surface area contributed by atoms with E-state index in [1.54, 1.807) is 4.90 Å². The summed E-state index contributed by atoms with van der Waals surface area (Å²) < 4.78 is 5.39. The van der Waals surface area contributed by atoms with Gasteiger partial charge in [-0.05, 0) is 48.6 Å². The monoisotopic (exact) mass is 375 g/mol. The normalized spacial score (nSPS) is 22.7. The minimum absolute atomic E-state index is 0.0371. The van der Waals surface area contributed by atoms with Crippen molar-refractivity contribution in [3.63, 3.8) is 0 Å². The second-order valence-corrected chi connectivity index (χ2v) is 8.26. The Hall–Kier alpha value is -1.73. The second kappa shape index (κ2) is 7.48. The number of ether oxygens (including phenoxy) is 1. The standard InChI is InChI=1S/C19H25N3O3S/c23-17-5-8-22(17)19(6-13-26-14-7-19)18(24)20-15-1-3-16(4-2-15)21-9-11-25-12-10-21/h1-4H,5-14H2,(H,20,24). The number of thioether (sulfide) groups is 1. The molecule has 1 aromatic carbocycles. The van der Waals surface area contributed by atoms with Crippen LogP contribution in [0.25, 0.3) is 0 Å². The van der Waals surface area contributed by atoms with E-state index in [9.17, 15) is 9.59 Å². The first-order valence-corrected chi connectivity index (χ1v) is 10.5. The van der Waals surface area contributed by atoms with Crippen molar-refractivity contribution in [2.45, 2.75) is 24.8 Å². The maximum atomic E-state index is 13.1. The number of nitrogens with zero attached hydrogens (tertiary/aromatic N) is 2. The third-order valence-corrected chi connectivity index (χ3v) is 6.60. The van der Waals surface area contributed by atoms with Gasteiger partial charge in [0.05, 0.1) is 13.2 Å². The van der Waals surface area contributed by atoms with Crippen LogP contribution >= 0.6 is 11.8 Å². The summed E-state index contributed by atoms with van der Waals surface area (Å²) >= 11 is 1.86. The molecule has 0 saturated carbocycles. The van der Waals surface area contributed by atoms with Crippen LogP contribution in [0.1, 0.15) is 19.3 Å². The zero-order valence-corrected chi connectivity index (χ0v) is 15.7. The Morgan fingerprint density at radius 3 is 2.35 bits per heavy atom. The lowest BCUT2D eigenvalue weighted by molar-refractivity contribution is -0.155. The van der Waals surface area contributed by atoms with E-state index in [-0.39, 0.29) is 11.8 Å². The number of nitrogens with one attached hydrogen (secondary N) is 1. The molecule has 0 aromatic heterocycles. The van der Waals surface area contributed by atoms with Gasteiger partial charge < -0.3 is 19.9 Å². The Kier molecular flexibility index (Phi) is 5.09. The summed E-state index contributed by atoms with van der Waals surface area (Å²) in [6, 6.07) is 7.98. The zero-order chi connectivity index (χ0) is 18.0. The highest BCUT2D eigenvalue weighted by Gasteiger charge is 2.50. The lowest BCUT2D eigenvalue weighted by Crippen LogP contribution is -2.65. The molecule has 26 heavy (non-hydrogen) atoms. The topological polar surface area (TPSA) is 61.9 Å². The number of hydrogen-bond acceptors (Lipinski definition) is 5. The number of β-lactam (4-membered cyclic amide) rings is 1. The van der Waals surface area contributed by atoms with Gasteiger partial charge in [-0.2, -0.15) is 11.8 Å². The van der Waals surface area contributed by atoms with Crippen molar-refractivity contribution in [3.8, 4) is 0 Å². The summed E-state index contributed by atoms with van der Waals surface area (Å²) in [6.07, 6.45) is 2.04. The zero-order valence-electron chi connectivity index (χ0n) is 14.9. The first-order valence-electron chi connectivity index (χ1n) is 9.31. The van der Waals surface area contributed by atoms with Gasteiger partial charge in [0.1, 0.15) is 5.54 Å². The van der Waals surface area contributed by atoms with Gasteiger partial charge in [-0.1, -0.05) is 0 Å². The fraction of sp³-hybridized carbons (Fsp3) is 0.579. The molecule has 0 bridgehead atoms. The van der Waals surface area contributed by atoms with E-state index in [1.807, 2.05) is 36.0 Å². The molecule has 0 radical (unpaired) electrons. The van der Waals surface area contributed by atoms with Crippen molar-refractivity contribution in [1.29, 1.82) is 0 Å². The molecule has 4 rings (SSSR count). The Bertz CT molecular complexity index is 667. The Labute approximate surface area is 158 Å². The molecule has 3 aliphatic rings. The molecule has 0 spiro atoms. The van der Waals surface area contributed by atoms with Crippen LogP contribution in [-0.2, 0) is 14.3 Å². The molecule has 1 aromatic rings. The predicted molar refractivity (Wildman–Crippen MR) is 104 cm³/mol. The summed E-state index contributed by atoms with van der Waals surface area (Å²) in [5.41, 5.74) is 1.27. The molecular weight excluding hydrogens is 350 g/mol. The van der Waals surface area contributed by atoms with E-state index in [0.717, 1.165) is 62.0 Å². The van der Waals surface area contributed by atoms with Crippen molar-refractivity contribution >= 4 is 35.0 Å². The number of likely N-dealkylation sites (tertiary alicyclic amines) is 1.